The van der Waals surface area contributed by atoms with Gasteiger partial charge in [0.1, 0.15) is 29.3 Å². The predicted molar refractivity (Wildman–Crippen MR) is 140 cm³/mol. The summed E-state index contributed by atoms with van der Waals surface area (Å²) in [5.74, 6) is -1.08. The Bertz CT molecular complexity index is 1070. The minimum Gasteiger partial charge on any atom is -0.508 e. The summed E-state index contributed by atoms with van der Waals surface area (Å²) in [7, 11) is 0. The zero-order valence-corrected chi connectivity index (χ0v) is 22.4. The van der Waals surface area contributed by atoms with Crippen LogP contribution in [0.15, 0.2) is 36.4 Å². The molecule has 0 fully saturated rings. The van der Waals surface area contributed by atoms with E-state index in [2.05, 4.69) is 16.0 Å². The predicted octanol–water partition coefficient (Wildman–Crippen LogP) is 3.84. The number of carbonyl (C=O) groups excluding carboxylic acids is 3. The van der Waals surface area contributed by atoms with Gasteiger partial charge >= 0.3 is 6.09 Å². The molecule has 0 radical (unpaired) electrons. The number of hydrogen-bond acceptors (Lipinski definition) is 5. The lowest BCUT2D eigenvalue weighted by Crippen LogP contribution is -2.54. The third-order valence-electron chi connectivity index (χ3n) is 5.70. The van der Waals surface area contributed by atoms with E-state index in [4.69, 9.17) is 4.74 Å². The number of phenols is 1. The van der Waals surface area contributed by atoms with Crippen LogP contribution < -0.4 is 16.0 Å². The summed E-state index contributed by atoms with van der Waals surface area (Å²) < 4.78 is 18.3. The van der Waals surface area contributed by atoms with Gasteiger partial charge in [-0.2, -0.15) is 0 Å². The van der Waals surface area contributed by atoms with Gasteiger partial charge in [-0.3, -0.25) is 9.59 Å². The van der Waals surface area contributed by atoms with Crippen molar-refractivity contribution in [3.63, 3.8) is 0 Å². The highest BCUT2D eigenvalue weighted by atomic mass is 19.1. The Balaban J connectivity index is 2.01. The quantitative estimate of drug-likeness (QED) is 0.359. The Morgan fingerprint density at radius 2 is 1.59 bits per heavy atom. The van der Waals surface area contributed by atoms with E-state index in [0.29, 0.717) is 19.4 Å². The normalized spacial score (nSPS) is 12.8. The molecule has 0 aliphatic rings. The van der Waals surface area contributed by atoms with Gasteiger partial charge in [0.05, 0.1) is 0 Å². The average Bonchev–Trinajstić information content (AvgIpc) is 2.77. The fourth-order valence-corrected chi connectivity index (χ4v) is 3.84. The topological polar surface area (TPSA) is 117 Å². The summed E-state index contributed by atoms with van der Waals surface area (Å²) in [6, 6.07) is 7.53. The van der Waals surface area contributed by atoms with E-state index in [-0.39, 0.29) is 23.9 Å². The number of alkyl carbamates (subject to hydrolysis) is 1. The number of halogens is 1. The third kappa shape index (κ3) is 10.1. The zero-order chi connectivity index (χ0) is 27.8. The van der Waals surface area contributed by atoms with Crippen LogP contribution in [-0.2, 0) is 27.2 Å². The summed E-state index contributed by atoms with van der Waals surface area (Å²) in [6.45, 7) is 10.7. The average molecular weight is 516 g/mol. The molecule has 202 valence electrons. The highest BCUT2D eigenvalue weighted by molar-refractivity contribution is 5.91. The molecule has 4 N–H and O–H groups in total. The van der Waals surface area contributed by atoms with Crippen LogP contribution in [0.1, 0.15) is 56.4 Å². The molecule has 0 aliphatic carbocycles. The molecule has 9 heteroatoms. The van der Waals surface area contributed by atoms with Crippen molar-refractivity contribution in [3.8, 4) is 5.75 Å². The molecular weight excluding hydrogens is 477 g/mol. The Hall–Kier alpha value is -3.62. The molecule has 1 unspecified atom stereocenters. The second-order valence-corrected chi connectivity index (χ2v) is 10.2. The maximum atomic E-state index is 13.2. The van der Waals surface area contributed by atoms with Gasteiger partial charge in [-0.05, 0) is 101 Å². The van der Waals surface area contributed by atoms with Crippen molar-refractivity contribution in [2.45, 2.75) is 78.5 Å². The summed E-state index contributed by atoms with van der Waals surface area (Å²) in [5.41, 5.74) is 2.55. The van der Waals surface area contributed by atoms with Crippen molar-refractivity contribution in [2.75, 3.05) is 6.54 Å². The minimum absolute atomic E-state index is 0.115. The van der Waals surface area contributed by atoms with E-state index >= 15 is 0 Å². The first-order chi connectivity index (χ1) is 17.2. The number of phenolic OH excluding ortho intramolecular Hbond substituents is 1. The first kappa shape index (κ1) is 29.6. The number of aromatic hydroxyl groups is 1. The Morgan fingerprint density at radius 1 is 1.00 bits per heavy atom. The maximum absolute atomic E-state index is 13.2. The summed E-state index contributed by atoms with van der Waals surface area (Å²) in [6.07, 6.45) is 0.726. The number of amides is 3. The third-order valence-corrected chi connectivity index (χ3v) is 5.70. The van der Waals surface area contributed by atoms with Crippen molar-refractivity contribution < 1.29 is 28.6 Å². The number of aryl methyl sites for hydroxylation is 3. The van der Waals surface area contributed by atoms with Gasteiger partial charge in [0.25, 0.3) is 0 Å². The Kier molecular flexibility index (Phi) is 10.5. The van der Waals surface area contributed by atoms with Gasteiger partial charge in [-0.25, -0.2) is 9.18 Å². The minimum atomic E-state index is -1.01. The van der Waals surface area contributed by atoms with Crippen molar-refractivity contribution in [1.82, 2.24) is 16.0 Å². The van der Waals surface area contributed by atoms with Gasteiger partial charge in [-0.1, -0.05) is 12.1 Å². The first-order valence-corrected chi connectivity index (χ1v) is 12.4. The SMILES string of the molecule is Cc1cc(O)cc(C)c1CC(NC(=O)OC(C)(C)C)C(=O)N[C@H](C)C(=O)NCCCc1ccc(F)cc1. The van der Waals surface area contributed by atoms with Crippen molar-refractivity contribution >= 4 is 17.9 Å². The lowest BCUT2D eigenvalue weighted by Gasteiger charge is -2.25. The van der Waals surface area contributed by atoms with Crippen molar-refractivity contribution in [3.05, 3.63) is 64.5 Å². The first-order valence-electron chi connectivity index (χ1n) is 12.4. The van der Waals surface area contributed by atoms with Crippen LogP contribution in [0.25, 0.3) is 0 Å². The second kappa shape index (κ2) is 13.1. The monoisotopic (exact) mass is 515 g/mol. The highest BCUT2D eigenvalue weighted by Crippen LogP contribution is 2.22. The van der Waals surface area contributed by atoms with Crippen LogP contribution in [0.5, 0.6) is 5.75 Å². The number of carbonyl (C=O) groups is 3. The van der Waals surface area contributed by atoms with Gasteiger partial charge in [-0.15, -0.1) is 0 Å². The molecule has 3 amide bonds. The largest absolute Gasteiger partial charge is 0.508 e. The summed E-state index contributed by atoms with van der Waals surface area (Å²) in [5, 5.41) is 17.9. The number of benzene rings is 2. The number of nitrogens with one attached hydrogen (secondary N) is 3. The number of rotatable bonds is 10. The Labute approximate surface area is 218 Å². The molecule has 0 aliphatic heterocycles. The van der Waals surface area contributed by atoms with Gasteiger partial charge in [0, 0.05) is 13.0 Å². The molecule has 2 aromatic carbocycles. The van der Waals surface area contributed by atoms with E-state index in [9.17, 15) is 23.9 Å². The fourth-order valence-electron chi connectivity index (χ4n) is 3.84. The molecule has 8 nitrogen and oxygen atoms in total. The molecular formula is C28H38FN3O5. The molecule has 2 aromatic rings. The van der Waals surface area contributed by atoms with E-state index in [1.807, 2.05) is 13.8 Å². The lowest BCUT2D eigenvalue weighted by atomic mass is 9.95. The van der Waals surface area contributed by atoms with Crippen LogP contribution >= 0.6 is 0 Å². The van der Waals surface area contributed by atoms with Crippen LogP contribution in [0.4, 0.5) is 9.18 Å². The lowest BCUT2D eigenvalue weighted by molar-refractivity contribution is -0.129. The van der Waals surface area contributed by atoms with E-state index in [1.165, 1.54) is 12.1 Å². The van der Waals surface area contributed by atoms with Crippen LogP contribution in [0.3, 0.4) is 0 Å². The number of hydrogen-bond donors (Lipinski definition) is 4. The van der Waals surface area contributed by atoms with Crippen molar-refractivity contribution in [2.24, 2.45) is 0 Å². The van der Waals surface area contributed by atoms with Crippen LogP contribution in [0.2, 0.25) is 0 Å². The Morgan fingerprint density at radius 3 is 2.16 bits per heavy atom. The van der Waals surface area contributed by atoms with Crippen molar-refractivity contribution in [1.29, 1.82) is 0 Å². The molecule has 2 atom stereocenters. The smallest absolute Gasteiger partial charge is 0.408 e. The van der Waals surface area contributed by atoms with E-state index < -0.39 is 29.7 Å². The maximum Gasteiger partial charge on any atom is 0.408 e. The van der Waals surface area contributed by atoms with E-state index in [0.717, 1.165) is 22.3 Å². The molecule has 2 rings (SSSR count). The van der Waals surface area contributed by atoms with Gasteiger partial charge < -0.3 is 25.8 Å². The van der Waals surface area contributed by atoms with Gasteiger partial charge in [0.2, 0.25) is 11.8 Å². The number of ether oxygens (including phenoxy) is 1. The molecule has 0 bridgehead atoms. The molecule has 0 saturated carbocycles. The highest BCUT2D eigenvalue weighted by Gasteiger charge is 2.28. The van der Waals surface area contributed by atoms with E-state index in [1.54, 1.807) is 52.0 Å². The molecule has 37 heavy (non-hydrogen) atoms. The summed E-state index contributed by atoms with van der Waals surface area (Å²) >= 11 is 0. The molecule has 0 saturated heterocycles. The fraction of sp³-hybridized carbons (Fsp3) is 0.464. The molecule has 0 spiro atoms. The molecule has 0 aromatic heterocycles. The molecule has 0 heterocycles. The zero-order valence-electron chi connectivity index (χ0n) is 22.4. The second-order valence-electron chi connectivity index (χ2n) is 10.2. The van der Waals surface area contributed by atoms with Crippen LogP contribution in [-0.4, -0.2) is 47.2 Å². The standard InChI is InChI=1S/C28H38FN3O5/c1-17-14-22(33)15-18(2)23(17)16-24(32-27(36)37-28(4,5)6)26(35)31-19(3)25(34)30-13-7-8-20-9-11-21(29)12-10-20/h9-12,14-15,19,24,33H,7-8,13,16H2,1-6H3,(H,30,34)(H,31,35)(H,32,36)/t19-,24?/m1/s1. The van der Waals surface area contributed by atoms with Gasteiger partial charge in [0.15, 0.2) is 0 Å². The van der Waals surface area contributed by atoms with Crippen LogP contribution in [0, 0.1) is 19.7 Å². The summed E-state index contributed by atoms with van der Waals surface area (Å²) in [4.78, 5) is 38.2.